The van der Waals surface area contributed by atoms with Crippen LogP contribution in [0.15, 0.2) is 56.6 Å². The topological polar surface area (TPSA) is 136 Å². The lowest BCUT2D eigenvalue weighted by atomic mass is 10.3. The zero-order chi connectivity index (χ0) is 23.0. The number of carbonyl (C=O) groups excluding carboxylic acids is 1. The average molecular weight is 464 g/mol. The number of carbonyl (C=O) groups is 1. The number of fused-ring (bicyclic) bond motifs is 1. The second-order valence-corrected chi connectivity index (χ2v) is 9.04. The van der Waals surface area contributed by atoms with E-state index in [-0.39, 0.29) is 47.9 Å². The predicted molar refractivity (Wildman–Crippen MR) is 109 cm³/mol. The lowest BCUT2D eigenvalue weighted by Gasteiger charge is -2.34. The van der Waals surface area contributed by atoms with E-state index in [1.807, 2.05) is 0 Å². The van der Waals surface area contributed by atoms with Crippen molar-refractivity contribution in [2.24, 2.45) is 0 Å². The number of rotatable bonds is 5. The molecule has 0 radical (unpaired) electrons. The molecule has 1 saturated heterocycles. The fraction of sp³-hybridized carbons (Fsp3) is 0.263. The Hall–Kier alpha value is -3.58. The summed E-state index contributed by atoms with van der Waals surface area (Å²) in [4.78, 5) is 36.6. The summed E-state index contributed by atoms with van der Waals surface area (Å²) < 4.78 is 45.7. The van der Waals surface area contributed by atoms with E-state index in [1.165, 1.54) is 33.5 Å². The van der Waals surface area contributed by atoms with Gasteiger partial charge in [0.15, 0.2) is 5.58 Å². The number of hydrogen-bond acceptors (Lipinski definition) is 7. The summed E-state index contributed by atoms with van der Waals surface area (Å²) in [6.07, 6.45) is 0. The Morgan fingerprint density at radius 2 is 1.75 bits per heavy atom. The summed E-state index contributed by atoms with van der Waals surface area (Å²) in [6.45, 7) is -0.179. The summed E-state index contributed by atoms with van der Waals surface area (Å²) in [5, 5.41) is 11.0. The first kappa shape index (κ1) is 21.6. The minimum atomic E-state index is -3.83. The number of nitro groups is 1. The Balaban J connectivity index is 1.47. The van der Waals surface area contributed by atoms with Crippen molar-refractivity contribution >= 4 is 32.7 Å². The molecule has 13 heteroatoms. The van der Waals surface area contributed by atoms with E-state index in [9.17, 15) is 32.5 Å². The molecule has 4 rings (SSSR count). The first-order valence-corrected chi connectivity index (χ1v) is 10.9. The molecule has 1 aromatic heterocycles. The first-order chi connectivity index (χ1) is 15.2. The summed E-state index contributed by atoms with van der Waals surface area (Å²) in [7, 11) is -3.83. The summed E-state index contributed by atoms with van der Waals surface area (Å²) in [6, 6.07) is 8.11. The monoisotopic (exact) mass is 464 g/mol. The van der Waals surface area contributed by atoms with Gasteiger partial charge in [-0.15, -0.1) is 0 Å². The van der Waals surface area contributed by atoms with Crippen LogP contribution < -0.4 is 5.76 Å². The van der Waals surface area contributed by atoms with Crippen molar-refractivity contribution in [2.45, 2.75) is 11.4 Å². The number of non-ortho nitro benzene ring substituents is 1. The molecule has 0 N–H and O–H groups in total. The third kappa shape index (κ3) is 3.99. The Bertz CT molecular complexity index is 1360. The van der Waals surface area contributed by atoms with Gasteiger partial charge in [-0.1, -0.05) is 0 Å². The van der Waals surface area contributed by atoms with Gasteiger partial charge >= 0.3 is 5.76 Å². The molecule has 0 saturated carbocycles. The molecule has 11 nitrogen and oxygen atoms in total. The van der Waals surface area contributed by atoms with Crippen LogP contribution in [0.2, 0.25) is 0 Å². The second-order valence-electron chi connectivity index (χ2n) is 7.10. The molecular formula is C19H17FN4O7S. The lowest BCUT2D eigenvalue weighted by molar-refractivity contribution is -0.384. The summed E-state index contributed by atoms with van der Waals surface area (Å²) in [5.41, 5.74) is -0.0159. The Kier molecular flexibility index (Phi) is 5.52. The molecule has 0 spiro atoms. The van der Waals surface area contributed by atoms with Crippen molar-refractivity contribution in [1.82, 2.24) is 13.8 Å². The van der Waals surface area contributed by atoms with Crippen LogP contribution in [-0.2, 0) is 21.4 Å². The number of aromatic nitrogens is 1. The molecule has 168 valence electrons. The van der Waals surface area contributed by atoms with Gasteiger partial charge in [-0.2, -0.15) is 4.31 Å². The highest BCUT2D eigenvalue weighted by atomic mass is 32.2. The van der Waals surface area contributed by atoms with Crippen LogP contribution in [-0.4, -0.2) is 59.2 Å². The van der Waals surface area contributed by atoms with Crippen molar-refractivity contribution in [2.75, 3.05) is 26.2 Å². The normalized spacial score (nSPS) is 15.2. The van der Waals surface area contributed by atoms with E-state index in [0.717, 1.165) is 22.8 Å². The molecule has 2 aromatic carbocycles. The van der Waals surface area contributed by atoms with Gasteiger partial charge < -0.3 is 9.32 Å². The highest BCUT2D eigenvalue weighted by Crippen LogP contribution is 2.21. The maximum Gasteiger partial charge on any atom is 0.420 e. The minimum Gasteiger partial charge on any atom is -0.408 e. The average Bonchev–Trinajstić information content (AvgIpc) is 3.08. The number of halogens is 1. The van der Waals surface area contributed by atoms with Crippen LogP contribution in [0.25, 0.3) is 11.1 Å². The van der Waals surface area contributed by atoms with Crippen LogP contribution in [0.1, 0.15) is 0 Å². The second kappa shape index (κ2) is 8.16. The zero-order valence-electron chi connectivity index (χ0n) is 16.5. The number of piperazine rings is 1. The van der Waals surface area contributed by atoms with Crippen LogP contribution in [0.5, 0.6) is 0 Å². The zero-order valence-corrected chi connectivity index (χ0v) is 17.3. The quantitative estimate of drug-likeness (QED) is 0.408. The van der Waals surface area contributed by atoms with Crippen LogP contribution in [0.4, 0.5) is 10.1 Å². The highest BCUT2D eigenvalue weighted by molar-refractivity contribution is 7.89. The third-order valence-corrected chi connectivity index (χ3v) is 7.11. The van der Waals surface area contributed by atoms with E-state index in [0.29, 0.717) is 0 Å². The fourth-order valence-electron chi connectivity index (χ4n) is 3.48. The van der Waals surface area contributed by atoms with Gasteiger partial charge in [0.25, 0.3) is 5.69 Å². The van der Waals surface area contributed by atoms with Crippen LogP contribution in [0.3, 0.4) is 0 Å². The van der Waals surface area contributed by atoms with E-state index in [2.05, 4.69) is 0 Å². The van der Waals surface area contributed by atoms with Crippen LogP contribution in [0, 0.1) is 15.9 Å². The van der Waals surface area contributed by atoms with E-state index in [4.69, 9.17) is 4.42 Å². The molecule has 1 aliphatic rings. The summed E-state index contributed by atoms with van der Waals surface area (Å²) in [5.74, 6) is -1.83. The Morgan fingerprint density at radius 1 is 1.09 bits per heavy atom. The first-order valence-electron chi connectivity index (χ1n) is 9.48. The molecule has 1 amide bonds. The summed E-state index contributed by atoms with van der Waals surface area (Å²) >= 11 is 0. The Morgan fingerprint density at radius 3 is 2.38 bits per heavy atom. The van der Waals surface area contributed by atoms with Crippen LogP contribution >= 0.6 is 0 Å². The molecular weight excluding hydrogens is 447 g/mol. The van der Waals surface area contributed by atoms with Gasteiger partial charge in [0.2, 0.25) is 15.9 Å². The smallest absolute Gasteiger partial charge is 0.408 e. The number of amides is 1. The molecule has 0 atom stereocenters. The molecule has 1 aliphatic heterocycles. The van der Waals surface area contributed by atoms with Crippen molar-refractivity contribution < 1.29 is 26.9 Å². The molecule has 0 bridgehead atoms. The van der Waals surface area contributed by atoms with Gasteiger partial charge in [0.1, 0.15) is 12.4 Å². The molecule has 1 fully saturated rings. The van der Waals surface area contributed by atoms with E-state index in [1.54, 1.807) is 0 Å². The number of sulfonamides is 1. The van der Waals surface area contributed by atoms with Crippen molar-refractivity contribution in [3.8, 4) is 0 Å². The SMILES string of the molecule is O=C(Cn1c(=O)oc2ccc([N+](=O)[O-])cc21)N1CCN(S(=O)(=O)c2ccc(F)cc2)CC1. The minimum absolute atomic E-state index is 0.0257. The van der Waals surface area contributed by atoms with E-state index < -0.39 is 39.0 Å². The standard InChI is InChI=1S/C19H17FN4O7S/c20-13-1-4-15(5-2-13)32(29,30)22-9-7-21(8-10-22)18(25)12-23-16-11-14(24(27)28)3-6-17(16)31-19(23)26/h1-6,11H,7-10,12H2. The third-order valence-electron chi connectivity index (χ3n) is 5.20. The molecule has 32 heavy (non-hydrogen) atoms. The number of oxazole rings is 1. The van der Waals surface area contributed by atoms with Gasteiger partial charge in [-0.05, 0) is 30.3 Å². The largest absolute Gasteiger partial charge is 0.420 e. The highest BCUT2D eigenvalue weighted by Gasteiger charge is 2.30. The lowest BCUT2D eigenvalue weighted by Crippen LogP contribution is -2.51. The van der Waals surface area contributed by atoms with Crippen molar-refractivity contribution in [1.29, 1.82) is 0 Å². The predicted octanol–water partition coefficient (Wildman–Crippen LogP) is 1.17. The van der Waals surface area contributed by atoms with Gasteiger partial charge in [-0.3, -0.25) is 19.5 Å². The maximum absolute atomic E-state index is 13.1. The van der Waals surface area contributed by atoms with Crippen molar-refractivity contribution in [3.05, 3.63) is 68.9 Å². The fourth-order valence-corrected chi connectivity index (χ4v) is 4.90. The number of hydrogen-bond donors (Lipinski definition) is 0. The number of nitro benzene ring substituents is 1. The molecule has 3 aromatic rings. The molecule has 2 heterocycles. The Labute approximate surface area is 180 Å². The molecule has 0 unspecified atom stereocenters. The number of benzene rings is 2. The maximum atomic E-state index is 13.1. The molecule has 0 aliphatic carbocycles. The van der Waals surface area contributed by atoms with Gasteiger partial charge in [0.05, 0.1) is 15.3 Å². The van der Waals surface area contributed by atoms with Crippen molar-refractivity contribution in [3.63, 3.8) is 0 Å². The van der Waals surface area contributed by atoms with Gasteiger partial charge in [0, 0.05) is 38.3 Å². The number of nitrogens with zero attached hydrogens (tertiary/aromatic N) is 4. The van der Waals surface area contributed by atoms with E-state index >= 15 is 0 Å². The van der Waals surface area contributed by atoms with Gasteiger partial charge in [-0.25, -0.2) is 17.6 Å².